The standard InChI is InChI=1S/C11H18INO4/c1-11(2,3)17-10(16)13-5-4-7(12)6-8(13)9(14)15/h7-8H,4-6H2,1-3H3,(H,14,15). The molecule has 17 heavy (non-hydrogen) atoms. The van der Waals surface area contributed by atoms with Crippen molar-refractivity contribution < 1.29 is 19.4 Å². The minimum atomic E-state index is -0.961. The van der Waals surface area contributed by atoms with Crippen LogP contribution in [0.3, 0.4) is 0 Å². The zero-order chi connectivity index (χ0) is 13.2. The molecular weight excluding hydrogens is 337 g/mol. The van der Waals surface area contributed by atoms with Gasteiger partial charge in [0.2, 0.25) is 0 Å². The fourth-order valence-corrected chi connectivity index (χ4v) is 2.46. The summed E-state index contributed by atoms with van der Waals surface area (Å²) < 4.78 is 5.51. The zero-order valence-corrected chi connectivity index (χ0v) is 12.4. The number of rotatable bonds is 1. The van der Waals surface area contributed by atoms with Crippen LogP contribution in [0.25, 0.3) is 0 Å². The van der Waals surface area contributed by atoms with Crippen LogP contribution in [0.2, 0.25) is 0 Å². The summed E-state index contributed by atoms with van der Waals surface area (Å²) >= 11 is 2.22. The van der Waals surface area contributed by atoms with E-state index in [-0.39, 0.29) is 0 Å². The van der Waals surface area contributed by atoms with Crippen LogP contribution >= 0.6 is 22.6 Å². The van der Waals surface area contributed by atoms with Gasteiger partial charge in [-0.1, -0.05) is 22.6 Å². The van der Waals surface area contributed by atoms with Crippen LogP contribution in [0.5, 0.6) is 0 Å². The predicted molar refractivity (Wildman–Crippen MR) is 71.4 cm³/mol. The lowest BCUT2D eigenvalue weighted by Gasteiger charge is -2.36. The number of hydrogen-bond donors (Lipinski definition) is 1. The lowest BCUT2D eigenvalue weighted by Crippen LogP contribution is -2.51. The van der Waals surface area contributed by atoms with Crippen molar-refractivity contribution in [2.75, 3.05) is 6.54 Å². The summed E-state index contributed by atoms with van der Waals surface area (Å²) in [6.45, 7) is 5.75. The first kappa shape index (κ1) is 14.5. The molecule has 5 nitrogen and oxygen atoms in total. The Labute approximate surface area is 115 Å². The maximum atomic E-state index is 11.9. The molecule has 1 rings (SSSR count). The highest BCUT2D eigenvalue weighted by atomic mass is 127. The number of carboxylic acids is 1. The molecule has 0 bridgehead atoms. The number of carboxylic acid groups (broad SMARTS) is 1. The minimum absolute atomic E-state index is 0.299. The quantitative estimate of drug-likeness (QED) is 0.579. The second kappa shape index (κ2) is 5.41. The van der Waals surface area contributed by atoms with Crippen molar-refractivity contribution in [1.82, 2.24) is 4.90 Å². The Bertz CT molecular complexity index is 313. The van der Waals surface area contributed by atoms with Crippen molar-refractivity contribution in [3.05, 3.63) is 0 Å². The van der Waals surface area contributed by atoms with Gasteiger partial charge < -0.3 is 9.84 Å². The first-order valence-corrected chi connectivity index (χ1v) is 6.82. The fourth-order valence-electron chi connectivity index (χ4n) is 1.70. The molecule has 1 saturated heterocycles. The minimum Gasteiger partial charge on any atom is -0.480 e. The molecule has 0 aliphatic carbocycles. The molecule has 1 aliphatic rings. The van der Waals surface area contributed by atoms with Crippen LogP contribution in [-0.4, -0.2) is 44.2 Å². The van der Waals surface area contributed by atoms with E-state index in [4.69, 9.17) is 9.84 Å². The maximum absolute atomic E-state index is 11.9. The number of likely N-dealkylation sites (tertiary alicyclic amines) is 1. The summed E-state index contributed by atoms with van der Waals surface area (Å²) in [5.41, 5.74) is -0.596. The van der Waals surface area contributed by atoms with Crippen molar-refractivity contribution in [3.63, 3.8) is 0 Å². The van der Waals surface area contributed by atoms with Crippen molar-refractivity contribution in [2.45, 2.75) is 49.2 Å². The number of carbonyl (C=O) groups is 2. The summed E-state index contributed by atoms with van der Waals surface area (Å²) in [5, 5.41) is 9.12. The van der Waals surface area contributed by atoms with Gasteiger partial charge in [-0.25, -0.2) is 9.59 Å². The van der Waals surface area contributed by atoms with Gasteiger partial charge >= 0.3 is 12.1 Å². The van der Waals surface area contributed by atoms with Crippen molar-refractivity contribution in [3.8, 4) is 0 Å². The SMILES string of the molecule is CC(C)(C)OC(=O)N1CCC(I)CC1C(=O)O. The number of aliphatic carboxylic acids is 1. The number of ether oxygens (including phenoxy) is 1. The van der Waals surface area contributed by atoms with Gasteiger partial charge in [-0.05, 0) is 33.6 Å². The highest BCUT2D eigenvalue weighted by Gasteiger charge is 2.37. The number of nitrogens with zero attached hydrogens (tertiary/aromatic N) is 1. The van der Waals surface area contributed by atoms with Crippen LogP contribution < -0.4 is 0 Å². The molecular formula is C11H18INO4. The van der Waals surface area contributed by atoms with E-state index in [0.717, 1.165) is 6.42 Å². The van der Waals surface area contributed by atoms with Crippen LogP contribution in [0.4, 0.5) is 4.79 Å². The first-order valence-electron chi connectivity index (χ1n) is 5.57. The number of hydrogen-bond acceptors (Lipinski definition) is 3. The second-order valence-corrected chi connectivity index (χ2v) is 6.91. The van der Waals surface area contributed by atoms with Gasteiger partial charge in [-0.3, -0.25) is 4.90 Å². The molecule has 1 amide bonds. The molecule has 6 heteroatoms. The van der Waals surface area contributed by atoms with Gasteiger partial charge in [-0.15, -0.1) is 0 Å². The number of alkyl halides is 1. The van der Waals surface area contributed by atoms with Gasteiger partial charge in [-0.2, -0.15) is 0 Å². The lowest BCUT2D eigenvalue weighted by atomic mass is 10.0. The van der Waals surface area contributed by atoms with Crippen LogP contribution in [0.1, 0.15) is 33.6 Å². The molecule has 0 saturated carbocycles. The molecule has 1 N–H and O–H groups in total. The third-order valence-electron chi connectivity index (χ3n) is 2.45. The fraction of sp³-hybridized carbons (Fsp3) is 0.818. The molecule has 1 aliphatic heterocycles. The summed E-state index contributed by atoms with van der Waals surface area (Å²) in [6, 6.07) is -0.763. The highest BCUT2D eigenvalue weighted by molar-refractivity contribution is 14.1. The largest absolute Gasteiger partial charge is 0.480 e. The van der Waals surface area contributed by atoms with E-state index in [9.17, 15) is 9.59 Å². The summed E-state index contributed by atoms with van der Waals surface area (Å²) in [6.07, 6.45) is 0.756. The van der Waals surface area contributed by atoms with Gasteiger partial charge in [0.05, 0.1) is 0 Å². The Hall–Kier alpha value is -0.530. The van der Waals surface area contributed by atoms with E-state index >= 15 is 0 Å². The molecule has 2 atom stereocenters. The van der Waals surface area contributed by atoms with E-state index in [0.29, 0.717) is 16.9 Å². The molecule has 0 aromatic heterocycles. The Balaban J connectivity index is 2.73. The van der Waals surface area contributed by atoms with Crippen LogP contribution in [0, 0.1) is 0 Å². The molecule has 0 spiro atoms. The monoisotopic (exact) mass is 355 g/mol. The van der Waals surface area contributed by atoms with Crippen LogP contribution in [-0.2, 0) is 9.53 Å². The van der Waals surface area contributed by atoms with Gasteiger partial charge in [0, 0.05) is 10.5 Å². The Morgan fingerprint density at radius 2 is 2.00 bits per heavy atom. The molecule has 0 radical (unpaired) electrons. The molecule has 0 aromatic carbocycles. The zero-order valence-electron chi connectivity index (χ0n) is 10.3. The first-order chi connectivity index (χ1) is 7.70. The van der Waals surface area contributed by atoms with Gasteiger partial charge in [0.15, 0.2) is 0 Å². The Morgan fingerprint density at radius 1 is 1.41 bits per heavy atom. The van der Waals surface area contributed by atoms with Crippen molar-refractivity contribution in [1.29, 1.82) is 0 Å². The number of piperidine rings is 1. The van der Waals surface area contributed by atoms with Gasteiger partial charge in [0.25, 0.3) is 0 Å². The molecule has 98 valence electrons. The third kappa shape index (κ3) is 4.33. The highest BCUT2D eigenvalue weighted by Crippen LogP contribution is 2.25. The average molecular weight is 355 g/mol. The van der Waals surface area contributed by atoms with Crippen molar-refractivity contribution in [2.24, 2.45) is 0 Å². The third-order valence-corrected chi connectivity index (χ3v) is 3.58. The predicted octanol–water partition coefficient (Wildman–Crippen LogP) is 2.27. The Morgan fingerprint density at radius 3 is 2.47 bits per heavy atom. The lowest BCUT2D eigenvalue weighted by molar-refractivity contribution is -0.144. The van der Waals surface area contributed by atoms with E-state index in [2.05, 4.69) is 22.6 Å². The summed E-state index contributed by atoms with van der Waals surface area (Å²) in [4.78, 5) is 24.3. The Kier molecular flexibility index (Phi) is 4.62. The smallest absolute Gasteiger partial charge is 0.411 e. The summed E-state index contributed by atoms with van der Waals surface area (Å²) in [7, 11) is 0. The maximum Gasteiger partial charge on any atom is 0.411 e. The van der Waals surface area contributed by atoms with Crippen molar-refractivity contribution >= 4 is 34.7 Å². The number of amides is 1. The van der Waals surface area contributed by atoms with E-state index in [1.165, 1.54) is 4.90 Å². The normalized spacial score (nSPS) is 25.5. The molecule has 1 heterocycles. The van der Waals surface area contributed by atoms with Gasteiger partial charge in [0.1, 0.15) is 11.6 Å². The van der Waals surface area contributed by atoms with E-state index in [1.54, 1.807) is 20.8 Å². The molecule has 2 unspecified atom stereocenters. The van der Waals surface area contributed by atoms with E-state index in [1.807, 2.05) is 0 Å². The number of carbonyl (C=O) groups excluding carboxylic acids is 1. The molecule has 1 fully saturated rings. The number of halogens is 1. The van der Waals surface area contributed by atoms with E-state index < -0.39 is 23.7 Å². The summed E-state index contributed by atoms with van der Waals surface area (Å²) in [5.74, 6) is -0.961. The molecule has 0 aromatic rings. The average Bonchev–Trinajstić information content (AvgIpc) is 2.14. The second-order valence-electron chi connectivity index (χ2n) is 5.15. The van der Waals surface area contributed by atoms with Crippen LogP contribution in [0.15, 0.2) is 0 Å². The topological polar surface area (TPSA) is 66.8 Å².